The van der Waals surface area contributed by atoms with Crippen molar-refractivity contribution in [2.75, 3.05) is 0 Å². The van der Waals surface area contributed by atoms with Crippen molar-refractivity contribution in [2.24, 2.45) is 10.2 Å². The molecule has 0 spiro atoms. The van der Waals surface area contributed by atoms with Crippen molar-refractivity contribution in [1.29, 1.82) is 0 Å². The van der Waals surface area contributed by atoms with Crippen LogP contribution in [-0.2, 0) is 0 Å². The monoisotopic (exact) mass is 203 g/mol. The lowest BCUT2D eigenvalue weighted by molar-refractivity contribution is 0.476. The Bertz CT molecular complexity index is 477. The average Bonchev–Trinajstić information content (AvgIpc) is 2.72. The molecule has 5 heteroatoms. The van der Waals surface area contributed by atoms with E-state index in [4.69, 9.17) is 4.42 Å². The van der Waals surface area contributed by atoms with Gasteiger partial charge in [0.15, 0.2) is 0 Å². The highest BCUT2D eigenvalue weighted by atomic mass is 16.4. The average molecular weight is 203 g/mol. The molecule has 1 heterocycles. The molecule has 76 valence electrons. The smallest absolute Gasteiger partial charge is 0.340 e. The molecule has 0 aliphatic heterocycles. The second-order valence-electron chi connectivity index (χ2n) is 3.01. The largest absolute Gasteiger partial charge is 0.506 e. The van der Waals surface area contributed by atoms with Crippen LogP contribution in [0.15, 0.2) is 45.3 Å². The van der Waals surface area contributed by atoms with E-state index >= 15 is 0 Å². The molecule has 1 aromatic heterocycles. The molecule has 0 aliphatic carbocycles. The normalized spacial score (nSPS) is 11.0. The van der Waals surface area contributed by atoms with Gasteiger partial charge in [-0.1, -0.05) is 11.2 Å². The minimum atomic E-state index is 0.0795. The van der Waals surface area contributed by atoms with E-state index in [2.05, 4.69) is 15.2 Å². The van der Waals surface area contributed by atoms with Gasteiger partial charge in [0.05, 0.1) is 6.20 Å². The van der Waals surface area contributed by atoms with Crippen LogP contribution >= 0.6 is 0 Å². The first-order valence-corrected chi connectivity index (χ1v) is 4.36. The molecule has 0 unspecified atom stereocenters. The van der Waals surface area contributed by atoms with Crippen LogP contribution in [-0.4, -0.2) is 10.1 Å². The lowest BCUT2D eigenvalue weighted by Crippen LogP contribution is -1.71. The van der Waals surface area contributed by atoms with Gasteiger partial charge >= 0.3 is 6.01 Å². The van der Waals surface area contributed by atoms with Crippen LogP contribution in [0.4, 0.5) is 11.7 Å². The van der Waals surface area contributed by atoms with Crippen LogP contribution in [0, 0.1) is 6.92 Å². The van der Waals surface area contributed by atoms with Crippen molar-refractivity contribution in [1.82, 2.24) is 4.98 Å². The van der Waals surface area contributed by atoms with Crippen molar-refractivity contribution < 1.29 is 9.52 Å². The maximum Gasteiger partial charge on any atom is 0.340 e. The molecule has 0 saturated carbocycles. The SMILES string of the molecule is Cc1ccc(O)c(N=Nc2ncco2)c1. The fraction of sp³-hybridized carbons (Fsp3) is 0.100. The van der Waals surface area contributed by atoms with E-state index in [-0.39, 0.29) is 11.8 Å². The van der Waals surface area contributed by atoms with Gasteiger partial charge < -0.3 is 9.52 Å². The molecular formula is C10H9N3O2. The number of phenols is 1. The van der Waals surface area contributed by atoms with Gasteiger partial charge in [-0.3, -0.25) is 0 Å². The van der Waals surface area contributed by atoms with E-state index in [1.807, 2.05) is 6.92 Å². The van der Waals surface area contributed by atoms with E-state index in [1.165, 1.54) is 12.5 Å². The molecule has 0 aliphatic rings. The summed E-state index contributed by atoms with van der Waals surface area (Å²) >= 11 is 0. The number of oxazole rings is 1. The topological polar surface area (TPSA) is 71.0 Å². The van der Waals surface area contributed by atoms with Crippen LogP contribution in [0.1, 0.15) is 5.56 Å². The van der Waals surface area contributed by atoms with Gasteiger partial charge in [-0.15, -0.1) is 5.11 Å². The molecule has 0 bridgehead atoms. The van der Waals surface area contributed by atoms with Crippen molar-refractivity contribution in [3.05, 3.63) is 36.2 Å². The van der Waals surface area contributed by atoms with Gasteiger partial charge in [-0.2, -0.15) is 4.98 Å². The molecule has 1 N–H and O–H groups in total. The number of hydrogen-bond donors (Lipinski definition) is 1. The Hall–Kier alpha value is -2.17. The molecule has 2 rings (SSSR count). The Labute approximate surface area is 86.1 Å². The van der Waals surface area contributed by atoms with Gasteiger partial charge in [-0.05, 0) is 24.6 Å². The molecule has 0 radical (unpaired) electrons. The third kappa shape index (κ3) is 2.19. The standard InChI is InChI=1S/C10H9N3O2/c1-7-2-3-9(14)8(6-7)12-13-10-11-4-5-15-10/h2-6,14H,1H3. The number of phenolic OH excluding ortho intramolecular Hbond substituents is 1. The first-order valence-electron chi connectivity index (χ1n) is 4.36. The van der Waals surface area contributed by atoms with Crippen molar-refractivity contribution >= 4 is 11.7 Å². The fourth-order valence-electron chi connectivity index (χ4n) is 1.08. The first kappa shape index (κ1) is 9.39. The lowest BCUT2D eigenvalue weighted by Gasteiger charge is -1.97. The Morgan fingerprint density at radius 1 is 1.33 bits per heavy atom. The molecule has 15 heavy (non-hydrogen) atoms. The number of benzene rings is 1. The Morgan fingerprint density at radius 3 is 2.93 bits per heavy atom. The minimum absolute atomic E-state index is 0.0795. The molecule has 2 aromatic rings. The fourth-order valence-corrected chi connectivity index (χ4v) is 1.08. The summed E-state index contributed by atoms with van der Waals surface area (Å²) in [5, 5.41) is 17.0. The van der Waals surface area contributed by atoms with E-state index in [0.717, 1.165) is 5.56 Å². The quantitative estimate of drug-likeness (QED) is 0.762. The zero-order chi connectivity index (χ0) is 10.7. The van der Waals surface area contributed by atoms with Crippen LogP contribution < -0.4 is 0 Å². The summed E-state index contributed by atoms with van der Waals surface area (Å²) in [5.74, 6) is 0.0795. The van der Waals surface area contributed by atoms with E-state index < -0.39 is 0 Å². The Kier molecular flexibility index (Phi) is 2.45. The predicted molar refractivity (Wildman–Crippen MR) is 53.5 cm³/mol. The van der Waals surface area contributed by atoms with E-state index in [9.17, 15) is 5.11 Å². The highest BCUT2D eigenvalue weighted by Crippen LogP contribution is 2.28. The molecule has 0 fully saturated rings. The van der Waals surface area contributed by atoms with Gasteiger partial charge in [0.2, 0.25) is 0 Å². The number of aromatic hydroxyl groups is 1. The van der Waals surface area contributed by atoms with Crippen LogP contribution in [0.3, 0.4) is 0 Å². The third-order valence-electron chi connectivity index (χ3n) is 1.79. The second kappa shape index (κ2) is 3.91. The van der Waals surface area contributed by atoms with Crippen molar-refractivity contribution in [3.63, 3.8) is 0 Å². The number of aromatic nitrogens is 1. The zero-order valence-corrected chi connectivity index (χ0v) is 8.08. The summed E-state index contributed by atoms with van der Waals surface area (Å²) in [4.78, 5) is 3.77. The predicted octanol–water partition coefficient (Wildman–Crippen LogP) is 3.10. The van der Waals surface area contributed by atoms with Crippen LogP contribution in [0.25, 0.3) is 0 Å². The molecule has 0 saturated heterocycles. The Balaban J connectivity index is 2.27. The number of azo groups is 1. The van der Waals surface area contributed by atoms with Crippen LogP contribution in [0.2, 0.25) is 0 Å². The third-order valence-corrected chi connectivity index (χ3v) is 1.79. The maximum atomic E-state index is 9.46. The number of rotatable bonds is 2. The minimum Gasteiger partial charge on any atom is -0.506 e. The van der Waals surface area contributed by atoms with Crippen molar-refractivity contribution in [2.45, 2.75) is 6.92 Å². The van der Waals surface area contributed by atoms with E-state index in [0.29, 0.717) is 5.69 Å². The first-order chi connectivity index (χ1) is 7.25. The summed E-state index contributed by atoms with van der Waals surface area (Å²) in [6, 6.07) is 5.25. The number of nitrogens with zero attached hydrogens (tertiary/aromatic N) is 3. The molecule has 5 nitrogen and oxygen atoms in total. The van der Waals surface area contributed by atoms with E-state index in [1.54, 1.807) is 18.2 Å². The molecule has 0 amide bonds. The highest BCUT2D eigenvalue weighted by molar-refractivity contribution is 5.52. The Morgan fingerprint density at radius 2 is 2.20 bits per heavy atom. The molecular weight excluding hydrogens is 194 g/mol. The van der Waals surface area contributed by atoms with Gasteiger partial charge in [-0.25, -0.2) is 0 Å². The highest BCUT2D eigenvalue weighted by Gasteiger charge is 2.00. The summed E-state index contributed by atoms with van der Waals surface area (Å²) in [5.41, 5.74) is 1.39. The van der Waals surface area contributed by atoms with Crippen LogP contribution in [0.5, 0.6) is 5.75 Å². The van der Waals surface area contributed by atoms with Crippen molar-refractivity contribution in [3.8, 4) is 5.75 Å². The summed E-state index contributed by atoms with van der Waals surface area (Å²) in [6.07, 6.45) is 2.88. The van der Waals surface area contributed by atoms with Gasteiger partial charge in [0.1, 0.15) is 17.7 Å². The summed E-state index contributed by atoms with van der Waals surface area (Å²) in [6.45, 7) is 1.91. The van der Waals surface area contributed by atoms with Gasteiger partial charge in [0, 0.05) is 0 Å². The second-order valence-corrected chi connectivity index (χ2v) is 3.01. The number of aryl methyl sites for hydroxylation is 1. The summed E-state index contributed by atoms with van der Waals surface area (Å²) < 4.78 is 4.87. The maximum absolute atomic E-state index is 9.46. The lowest BCUT2D eigenvalue weighted by atomic mass is 10.2. The zero-order valence-electron chi connectivity index (χ0n) is 8.08. The van der Waals surface area contributed by atoms with Gasteiger partial charge in [0.25, 0.3) is 0 Å². The summed E-state index contributed by atoms with van der Waals surface area (Å²) in [7, 11) is 0. The number of hydrogen-bond acceptors (Lipinski definition) is 5. The molecule has 1 aromatic carbocycles. The molecule has 0 atom stereocenters.